The first kappa shape index (κ1) is 20.9. The molecule has 0 saturated heterocycles. The lowest BCUT2D eigenvalue weighted by atomic mass is 10.1. The smallest absolute Gasteiger partial charge is 0.387 e. The number of carbonyl (C=O) groups is 2. The van der Waals surface area contributed by atoms with Crippen LogP contribution in [0.2, 0.25) is 0 Å². The molecule has 2 aromatic rings. The maximum Gasteiger partial charge on any atom is 0.387 e. The van der Waals surface area contributed by atoms with E-state index in [9.17, 15) is 18.4 Å². The van der Waals surface area contributed by atoms with E-state index in [1.165, 1.54) is 38.5 Å². The zero-order valence-electron chi connectivity index (χ0n) is 15.5. The lowest BCUT2D eigenvalue weighted by Gasteiger charge is -2.12. The Kier molecular flexibility index (Phi) is 7.08. The molecule has 0 heterocycles. The fraction of sp³-hybridized carbons (Fsp3) is 0.200. The highest BCUT2D eigenvalue weighted by Gasteiger charge is 2.14. The second kappa shape index (κ2) is 9.50. The van der Waals surface area contributed by atoms with E-state index in [-0.39, 0.29) is 22.6 Å². The number of hydrogen-bond donors (Lipinski definition) is 1. The number of benzene rings is 2. The minimum Gasteiger partial charge on any atom is -0.493 e. The van der Waals surface area contributed by atoms with Gasteiger partial charge in [0.05, 0.1) is 19.8 Å². The van der Waals surface area contributed by atoms with Gasteiger partial charge in [0, 0.05) is 17.3 Å². The van der Waals surface area contributed by atoms with E-state index in [2.05, 4.69) is 14.8 Å². The SMILES string of the molecule is COC(=O)c1ccc(C)c(NC(=O)/C=C/c2cccc(OC)c2OC(F)F)c1. The summed E-state index contributed by atoms with van der Waals surface area (Å²) in [6.07, 6.45) is 2.49. The molecule has 0 radical (unpaired) electrons. The molecular formula is C20H19F2NO5. The molecule has 0 fully saturated rings. The van der Waals surface area contributed by atoms with Gasteiger partial charge in [-0.25, -0.2) is 4.79 Å². The topological polar surface area (TPSA) is 73.9 Å². The summed E-state index contributed by atoms with van der Waals surface area (Å²) in [6.45, 7) is -1.28. The molecule has 1 amide bonds. The molecule has 0 aromatic heterocycles. The number of amides is 1. The van der Waals surface area contributed by atoms with Crippen LogP contribution in [-0.4, -0.2) is 32.7 Å². The Morgan fingerprint density at radius 1 is 1.14 bits per heavy atom. The van der Waals surface area contributed by atoms with Crippen LogP contribution in [-0.2, 0) is 9.53 Å². The predicted octanol–water partition coefficient (Wildman–Crippen LogP) is 4.04. The highest BCUT2D eigenvalue weighted by Crippen LogP contribution is 2.33. The summed E-state index contributed by atoms with van der Waals surface area (Å²) in [5.41, 5.74) is 1.69. The number of carbonyl (C=O) groups excluding carboxylic acids is 2. The number of rotatable bonds is 7. The Bertz CT molecular complexity index is 896. The van der Waals surface area contributed by atoms with Gasteiger partial charge in [-0.15, -0.1) is 0 Å². The van der Waals surface area contributed by atoms with E-state index in [1.54, 1.807) is 25.1 Å². The average Bonchev–Trinajstić information content (AvgIpc) is 2.67. The molecule has 0 aliphatic carbocycles. The number of hydrogen-bond acceptors (Lipinski definition) is 5. The minimum atomic E-state index is -3.04. The van der Waals surface area contributed by atoms with E-state index >= 15 is 0 Å². The Balaban J connectivity index is 2.22. The first-order valence-electron chi connectivity index (χ1n) is 8.15. The largest absolute Gasteiger partial charge is 0.493 e. The lowest BCUT2D eigenvalue weighted by molar-refractivity contribution is -0.111. The summed E-state index contributed by atoms with van der Waals surface area (Å²) in [7, 11) is 2.58. The normalized spacial score (nSPS) is 10.8. The van der Waals surface area contributed by atoms with Crippen LogP contribution in [0.4, 0.5) is 14.5 Å². The number of aryl methyl sites for hydroxylation is 1. The fourth-order valence-corrected chi connectivity index (χ4v) is 2.38. The van der Waals surface area contributed by atoms with Crippen LogP contribution in [0.1, 0.15) is 21.5 Å². The molecule has 0 aliphatic heterocycles. The molecule has 6 nitrogen and oxygen atoms in total. The van der Waals surface area contributed by atoms with Crippen LogP contribution >= 0.6 is 0 Å². The van der Waals surface area contributed by atoms with Crippen molar-refractivity contribution in [2.24, 2.45) is 0 Å². The Morgan fingerprint density at radius 3 is 2.54 bits per heavy atom. The second-order valence-corrected chi connectivity index (χ2v) is 5.60. The van der Waals surface area contributed by atoms with Crippen LogP contribution in [0.3, 0.4) is 0 Å². The summed E-state index contributed by atoms with van der Waals surface area (Å²) < 4.78 is 39.5. The molecule has 1 N–H and O–H groups in total. The third kappa shape index (κ3) is 5.29. The molecule has 2 rings (SSSR count). The zero-order valence-corrected chi connectivity index (χ0v) is 15.5. The van der Waals surface area contributed by atoms with Crippen LogP contribution in [0.25, 0.3) is 6.08 Å². The number of anilines is 1. The molecule has 2 aromatic carbocycles. The van der Waals surface area contributed by atoms with Crippen molar-refractivity contribution in [3.8, 4) is 11.5 Å². The monoisotopic (exact) mass is 391 g/mol. The average molecular weight is 391 g/mol. The Hall–Kier alpha value is -3.42. The molecule has 8 heteroatoms. The minimum absolute atomic E-state index is 0.115. The van der Waals surface area contributed by atoms with E-state index in [4.69, 9.17) is 4.74 Å². The summed E-state index contributed by atoms with van der Waals surface area (Å²) in [5, 5.41) is 2.63. The van der Waals surface area contributed by atoms with Gasteiger partial charge >= 0.3 is 12.6 Å². The van der Waals surface area contributed by atoms with Crippen molar-refractivity contribution in [3.05, 3.63) is 59.2 Å². The maximum absolute atomic E-state index is 12.7. The standard InChI is InChI=1S/C20H19F2NO5/c1-12-7-8-14(19(25)27-3)11-15(12)23-17(24)10-9-13-5-4-6-16(26-2)18(13)28-20(21)22/h4-11,20H,1-3H3,(H,23,24)/b10-9+. The molecule has 0 aliphatic rings. The van der Waals surface area contributed by atoms with Crippen molar-refractivity contribution in [3.63, 3.8) is 0 Å². The first-order chi connectivity index (χ1) is 13.3. The van der Waals surface area contributed by atoms with Gasteiger partial charge in [-0.2, -0.15) is 8.78 Å². The zero-order chi connectivity index (χ0) is 20.7. The fourth-order valence-electron chi connectivity index (χ4n) is 2.38. The number of para-hydroxylation sites is 1. The number of alkyl halides is 2. The molecular weight excluding hydrogens is 372 g/mol. The third-order valence-corrected chi connectivity index (χ3v) is 3.77. The van der Waals surface area contributed by atoms with Gasteiger partial charge in [-0.3, -0.25) is 4.79 Å². The second-order valence-electron chi connectivity index (χ2n) is 5.60. The summed E-state index contributed by atoms with van der Waals surface area (Å²) in [6, 6.07) is 9.30. The molecule has 0 bridgehead atoms. The van der Waals surface area contributed by atoms with E-state index in [0.29, 0.717) is 5.69 Å². The highest BCUT2D eigenvalue weighted by molar-refractivity contribution is 6.03. The molecule has 0 saturated carbocycles. The predicted molar refractivity (Wildman–Crippen MR) is 99.8 cm³/mol. The highest BCUT2D eigenvalue weighted by atomic mass is 19.3. The number of halogens is 2. The van der Waals surface area contributed by atoms with Gasteiger partial charge in [0.1, 0.15) is 0 Å². The van der Waals surface area contributed by atoms with Gasteiger partial charge in [0.25, 0.3) is 0 Å². The molecule has 148 valence electrons. The van der Waals surface area contributed by atoms with Crippen molar-refractivity contribution in [1.82, 2.24) is 0 Å². The third-order valence-electron chi connectivity index (χ3n) is 3.77. The first-order valence-corrected chi connectivity index (χ1v) is 8.15. The maximum atomic E-state index is 12.7. The van der Waals surface area contributed by atoms with E-state index in [1.807, 2.05) is 0 Å². The number of methoxy groups -OCH3 is 2. The Morgan fingerprint density at radius 2 is 1.89 bits per heavy atom. The molecule has 0 unspecified atom stereocenters. The van der Waals surface area contributed by atoms with Gasteiger partial charge in [-0.1, -0.05) is 18.2 Å². The number of ether oxygens (including phenoxy) is 3. The summed E-state index contributed by atoms with van der Waals surface area (Å²) in [4.78, 5) is 23.9. The molecule has 28 heavy (non-hydrogen) atoms. The van der Waals surface area contributed by atoms with E-state index in [0.717, 1.165) is 11.6 Å². The molecule has 0 spiro atoms. The van der Waals surface area contributed by atoms with Crippen molar-refractivity contribution in [1.29, 1.82) is 0 Å². The van der Waals surface area contributed by atoms with Crippen LogP contribution < -0.4 is 14.8 Å². The van der Waals surface area contributed by atoms with Gasteiger partial charge in [-0.05, 0) is 36.8 Å². The van der Waals surface area contributed by atoms with E-state index < -0.39 is 18.5 Å². The van der Waals surface area contributed by atoms with Crippen molar-refractivity contribution < 1.29 is 32.6 Å². The van der Waals surface area contributed by atoms with Crippen LogP contribution in [0, 0.1) is 6.92 Å². The van der Waals surface area contributed by atoms with Gasteiger partial charge < -0.3 is 19.5 Å². The van der Waals surface area contributed by atoms with Crippen molar-refractivity contribution >= 4 is 23.6 Å². The van der Waals surface area contributed by atoms with Crippen LogP contribution in [0.15, 0.2) is 42.5 Å². The summed E-state index contributed by atoms with van der Waals surface area (Å²) in [5.74, 6) is -1.11. The quantitative estimate of drug-likeness (QED) is 0.570. The Labute approximate surface area is 160 Å². The van der Waals surface area contributed by atoms with Gasteiger partial charge in [0.15, 0.2) is 11.5 Å². The van der Waals surface area contributed by atoms with Crippen molar-refractivity contribution in [2.45, 2.75) is 13.5 Å². The molecule has 0 atom stereocenters. The van der Waals surface area contributed by atoms with Crippen molar-refractivity contribution in [2.75, 3.05) is 19.5 Å². The number of nitrogens with one attached hydrogen (secondary N) is 1. The lowest BCUT2D eigenvalue weighted by Crippen LogP contribution is -2.11. The number of esters is 1. The van der Waals surface area contributed by atoms with Crippen LogP contribution in [0.5, 0.6) is 11.5 Å². The summed E-state index contributed by atoms with van der Waals surface area (Å²) >= 11 is 0. The van der Waals surface area contributed by atoms with Gasteiger partial charge in [0.2, 0.25) is 5.91 Å².